The summed E-state index contributed by atoms with van der Waals surface area (Å²) in [5.74, 6) is 3.15. The van der Waals surface area contributed by atoms with E-state index in [2.05, 4.69) is 29.1 Å². The van der Waals surface area contributed by atoms with Gasteiger partial charge in [-0.25, -0.2) is 4.98 Å². The van der Waals surface area contributed by atoms with Crippen LogP contribution in [0.5, 0.6) is 0 Å². The molecule has 0 bridgehead atoms. The molecule has 0 amide bonds. The van der Waals surface area contributed by atoms with Crippen molar-refractivity contribution in [3.05, 3.63) is 12.4 Å². The molecule has 1 rings (SSSR count). The summed E-state index contributed by atoms with van der Waals surface area (Å²) >= 11 is 1.93. The Labute approximate surface area is 77.4 Å². The maximum absolute atomic E-state index is 4.09. The highest BCUT2D eigenvalue weighted by molar-refractivity contribution is 7.99. The lowest BCUT2D eigenvalue weighted by Crippen LogP contribution is -2.18. The highest BCUT2D eigenvalue weighted by atomic mass is 32.2. The number of thioether (sulfide) groups is 1. The first-order valence-corrected chi connectivity index (χ1v) is 5.32. The van der Waals surface area contributed by atoms with Gasteiger partial charge in [0.05, 0.1) is 0 Å². The van der Waals surface area contributed by atoms with Crippen LogP contribution in [0.1, 0.15) is 13.8 Å². The lowest BCUT2D eigenvalue weighted by molar-refractivity contribution is 0.894. The standard InChI is InChI=1S/C8H15N3S/c1-3-12-6-7(2)11-8-9-4-5-10-8/h4-5,7H,3,6H2,1-2H3,(H2,9,10,11). The van der Waals surface area contributed by atoms with E-state index in [1.807, 2.05) is 18.0 Å². The molecule has 1 heterocycles. The van der Waals surface area contributed by atoms with Gasteiger partial charge < -0.3 is 10.3 Å². The average molecular weight is 185 g/mol. The van der Waals surface area contributed by atoms with Crippen molar-refractivity contribution in [2.24, 2.45) is 0 Å². The SMILES string of the molecule is CCSCC(C)Nc1ncc[nH]1. The third-order valence-corrected chi connectivity index (χ3v) is 2.60. The maximum atomic E-state index is 4.09. The fourth-order valence-corrected chi connectivity index (χ4v) is 1.59. The quantitative estimate of drug-likeness (QED) is 0.736. The summed E-state index contributed by atoms with van der Waals surface area (Å²) in [6.45, 7) is 4.33. The summed E-state index contributed by atoms with van der Waals surface area (Å²) in [6.07, 6.45) is 3.57. The molecule has 68 valence electrons. The number of hydrogen-bond acceptors (Lipinski definition) is 3. The maximum Gasteiger partial charge on any atom is 0.200 e. The first-order valence-electron chi connectivity index (χ1n) is 4.16. The fourth-order valence-electron chi connectivity index (χ4n) is 0.914. The van der Waals surface area contributed by atoms with Gasteiger partial charge in [-0.3, -0.25) is 0 Å². The number of hydrogen-bond donors (Lipinski definition) is 2. The summed E-state index contributed by atoms with van der Waals surface area (Å²) < 4.78 is 0. The Kier molecular flexibility index (Phi) is 4.00. The van der Waals surface area contributed by atoms with E-state index in [4.69, 9.17) is 0 Å². The first-order chi connectivity index (χ1) is 5.83. The zero-order valence-corrected chi connectivity index (χ0v) is 8.32. The number of aromatic nitrogens is 2. The summed E-state index contributed by atoms with van der Waals surface area (Å²) in [5, 5.41) is 3.27. The van der Waals surface area contributed by atoms with Crippen molar-refractivity contribution in [2.75, 3.05) is 16.8 Å². The number of anilines is 1. The number of aromatic amines is 1. The van der Waals surface area contributed by atoms with Crippen LogP contribution in [0.2, 0.25) is 0 Å². The second-order valence-electron chi connectivity index (χ2n) is 2.64. The Hall–Kier alpha value is -0.640. The highest BCUT2D eigenvalue weighted by Crippen LogP contribution is 2.05. The van der Waals surface area contributed by atoms with Gasteiger partial charge in [-0.2, -0.15) is 11.8 Å². The minimum absolute atomic E-state index is 0.473. The van der Waals surface area contributed by atoms with Crippen LogP contribution in [0.3, 0.4) is 0 Å². The smallest absolute Gasteiger partial charge is 0.200 e. The molecule has 0 aliphatic rings. The molecule has 0 aliphatic carbocycles. The van der Waals surface area contributed by atoms with Crippen molar-refractivity contribution in [2.45, 2.75) is 19.9 Å². The summed E-state index contributed by atoms with van der Waals surface area (Å²) in [6, 6.07) is 0.473. The molecule has 1 atom stereocenters. The molecule has 3 nitrogen and oxygen atoms in total. The molecule has 0 radical (unpaired) electrons. The molecule has 1 aromatic heterocycles. The van der Waals surface area contributed by atoms with Crippen LogP contribution in [0.15, 0.2) is 12.4 Å². The monoisotopic (exact) mass is 185 g/mol. The van der Waals surface area contributed by atoms with Crippen molar-refractivity contribution >= 4 is 17.7 Å². The molecule has 0 aromatic carbocycles. The van der Waals surface area contributed by atoms with Crippen molar-refractivity contribution in [1.29, 1.82) is 0 Å². The Balaban J connectivity index is 2.22. The highest BCUT2D eigenvalue weighted by Gasteiger charge is 2.01. The van der Waals surface area contributed by atoms with Gasteiger partial charge in [0.1, 0.15) is 0 Å². The molecule has 0 spiro atoms. The van der Waals surface area contributed by atoms with E-state index >= 15 is 0 Å². The van der Waals surface area contributed by atoms with Gasteiger partial charge in [-0.15, -0.1) is 0 Å². The van der Waals surface area contributed by atoms with Crippen molar-refractivity contribution in [3.63, 3.8) is 0 Å². The lowest BCUT2D eigenvalue weighted by atomic mass is 10.4. The summed E-state index contributed by atoms with van der Waals surface area (Å²) in [5.41, 5.74) is 0. The van der Waals surface area contributed by atoms with E-state index in [9.17, 15) is 0 Å². The van der Waals surface area contributed by atoms with Crippen molar-refractivity contribution in [1.82, 2.24) is 9.97 Å². The zero-order chi connectivity index (χ0) is 8.81. The fraction of sp³-hybridized carbons (Fsp3) is 0.625. The van der Waals surface area contributed by atoms with E-state index in [1.54, 1.807) is 6.20 Å². The van der Waals surface area contributed by atoms with Gasteiger partial charge in [0, 0.05) is 24.2 Å². The molecule has 1 unspecified atom stereocenters. The predicted molar refractivity (Wildman–Crippen MR) is 54.7 cm³/mol. The number of imidazole rings is 1. The minimum Gasteiger partial charge on any atom is -0.353 e. The van der Waals surface area contributed by atoms with Crippen LogP contribution in [-0.2, 0) is 0 Å². The molecule has 0 saturated heterocycles. The summed E-state index contributed by atoms with van der Waals surface area (Å²) in [4.78, 5) is 7.10. The van der Waals surface area contributed by atoms with E-state index in [0.717, 1.165) is 11.7 Å². The third kappa shape index (κ3) is 3.17. The van der Waals surface area contributed by atoms with Crippen LogP contribution in [-0.4, -0.2) is 27.5 Å². The van der Waals surface area contributed by atoms with Crippen LogP contribution in [0.25, 0.3) is 0 Å². The minimum atomic E-state index is 0.473. The molecule has 12 heavy (non-hydrogen) atoms. The normalized spacial score (nSPS) is 12.8. The van der Waals surface area contributed by atoms with E-state index in [1.165, 1.54) is 5.75 Å². The van der Waals surface area contributed by atoms with Crippen molar-refractivity contribution < 1.29 is 0 Å². The molecule has 1 aromatic rings. The van der Waals surface area contributed by atoms with E-state index in [0.29, 0.717) is 6.04 Å². The molecule has 0 fully saturated rings. The first kappa shape index (κ1) is 9.45. The Bertz CT molecular complexity index is 198. The predicted octanol–water partition coefficient (Wildman–Crippen LogP) is 1.96. The van der Waals surface area contributed by atoms with E-state index < -0.39 is 0 Å². The van der Waals surface area contributed by atoms with E-state index in [-0.39, 0.29) is 0 Å². The van der Waals surface area contributed by atoms with Crippen LogP contribution < -0.4 is 5.32 Å². The Morgan fingerprint density at radius 2 is 2.58 bits per heavy atom. The molecule has 2 N–H and O–H groups in total. The zero-order valence-electron chi connectivity index (χ0n) is 7.50. The molecule has 0 aliphatic heterocycles. The van der Waals surface area contributed by atoms with Gasteiger partial charge in [0.2, 0.25) is 0 Å². The lowest BCUT2D eigenvalue weighted by Gasteiger charge is -2.11. The second kappa shape index (κ2) is 5.09. The topological polar surface area (TPSA) is 40.7 Å². The largest absolute Gasteiger partial charge is 0.353 e. The molecule has 0 saturated carbocycles. The Morgan fingerprint density at radius 1 is 1.75 bits per heavy atom. The average Bonchev–Trinajstić information content (AvgIpc) is 2.53. The Morgan fingerprint density at radius 3 is 3.17 bits per heavy atom. The number of rotatable bonds is 5. The van der Waals surface area contributed by atoms with Gasteiger partial charge >= 0.3 is 0 Å². The van der Waals surface area contributed by atoms with Gasteiger partial charge in [-0.1, -0.05) is 6.92 Å². The number of nitrogens with zero attached hydrogens (tertiary/aromatic N) is 1. The number of nitrogens with one attached hydrogen (secondary N) is 2. The van der Waals surface area contributed by atoms with Gasteiger partial charge in [0.15, 0.2) is 5.95 Å². The van der Waals surface area contributed by atoms with Gasteiger partial charge in [-0.05, 0) is 12.7 Å². The van der Waals surface area contributed by atoms with Crippen LogP contribution in [0, 0.1) is 0 Å². The van der Waals surface area contributed by atoms with Crippen molar-refractivity contribution in [3.8, 4) is 0 Å². The molecular weight excluding hydrogens is 170 g/mol. The van der Waals surface area contributed by atoms with Crippen LogP contribution in [0.4, 0.5) is 5.95 Å². The van der Waals surface area contributed by atoms with Crippen LogP contribution >= 0.6 is 11.8 Å². The third-order valence-electron chi connectivity index (χ3n) is 1.45. The second-order valence-corrected chi connectivity index (χ2v) is 3.96. The molecule has 4 heteroatoms. The number of H-pyrrole nitrogens is 1. The summed E-state index contributed by atoms with van der Waals surface area (Å²) in [7, 11) is 0. The molecular formula is C8H15N3S. The van der Waals surface area contributed by atoms with Gasteiger partial charge in [0.25, 0.3) is 0 Å².